The Morgan fingerprint density at radius 3 is 2.11 bits per heavy atom. The van der Waals surface area contributed by atoms with Crippen molar-refractivity contribution >= 4 is 11.8 Å². The van der Waals surface area contributed by atoms with Gasteiger partial charge in [0, 0.05) is 32.1 Å². The fourth-order valence-electron chi connectivity index (χ4n) is 4.43. The van der Waals surface area contributed by atoms with Crippen LogP contribution < -0.4 is 0 Å². The number of hydrogen-bond donors (Lipinski definition) is 0. The molecule has 2 aliphatic heterocycles. The van der Waals surface area contributed by atoms with Gasteiger partial charge < -0.3 is 9.80 Å². The standard InChI is InChI=1S/C23H35N3O2/c1-24(2)21(18-19-10-6-5-7-11-19)23(28)26-16-12-20(13-17-26)22(27)25-14-8-3-4-9-15-25/h5-7,10-11,20-21H,3-4,8-9,12-18H2,1-2H3/t21-/m0/s1. The van der Waals surface area contributed by atoms with Crippen molar-refractivity contribution in [2.45, 2.75) is 51.0 Å². The number of rotatable bonds is 5. The Bertz CT molecular complexity index is 631. The van der Waals surface area contributed by atoms with Crippen LogP contribution in [0.4, 0.5) is 0 Å². The summed E-state index contributed by atoms with van der Waals surface area (Å²) in [6.07, 6.45) is 7.06. The summed E-state index contributed by atoms with van der Waals surface area (Å²) in [4.78, 5) is 32.1. The molecule has 5 heteroatoms. The number of likely N-dealkylation sites (tertiary alicyclic amines) is 2. The highest BCUT2D eigenvalue weighted by Gasteiger charge is 2.33. The Morgan fingerprint density at radius 2 is 1.54 bits per heavy atom. The number of carbonyl (C=O) groups excluding carboxylic acids is 2. The molecule has 0 unspecified atom stereocenters. The van der Waals surface area contributed by atoms with Gasteiger partial charge >= 0.3 is 0 Å². The molecule has 5 nitrogen and oxygen atoms in total. The molecular weight excluding hydrogens is 350 g/mol. The lowest BCUT2D eigenvalue weighted by Crippen LogP contribution is -2.51. The van der Waals surface area contributed by atoms with Gasteiger partial charge in [0.25, 0.3) is 0 Å². The molecule has 2 heterocycles. The highest BCUT2D eigenvalue weighted by atomic mass is 16.2. The zero-order valence-electron chi connectivity index (χ0n) is 17.5. The van der Waals surface area contributed by atoms with Gasteiger partial charge in [-0.15, -0.1) is 0 Å². The Morgan fingerprint density at radius 1 is 0.929 bits per heavy atom. The number of piperidine rings is 1. The summed E-state index contributed by atoms with van der Waals surface area (Å²) in [5.74, 6) is 0.603. The lowest BCUT2D eigenvalue weighted by atomic mass is 9.94. The minimum atomic E-state index is -0.153. The summed E-state index contributed by atoms with van der Waals surface area (Å²) in [5, 5.41) is 0. The van der Waals surface area contributed by atoms with Crippen LogP contribution in [0.3, 0.4) is 0 Å². The van der Waals surface area contributed by atoms with Crippen molar-refractivity contribution in [1.29, 1.82) is 0 Å². The van der Waals surface area contributed by atoms with Crippen LogP contribution in [0.1, 0.15) is 44.1 Å². The van der Waals surface area contributed by atoms with E-state index in [1.165, 1.54) is 18.4 Å². The van der Waals surface area contributed by atoms with Gasteiger partial charge in [0.15, 0.2) is 0 Å². The average Bonchev–Trinajstić information content (AvgIpc) is 3.01. The summed E-state index contributed by atoms with van der Waals surface area (Å²) in [5.41, 5.74) is 1.18. The number of benzene rings is 1. The molecule has 0 saturated carbocycles. The molecule has 0 radical (unpaired) electrons. The zero-order valence-corrected chi connectivity index (χ0v) is 17.5. The minimum Gasteiger partial charge on any atom is -0.342 e. The van der Waals surface area contributed by atoms with E-state index in [0.717, 1.165) is 45.2 Å². The van der Waals surface area contributed by atoms with Crippen LogP contribution in [-0.4, -0.2) is 72.8 Å². The van der Waals surface area contributed by atoms with Crippen molar-refractivity contribution in [3.8, 4) is 0 Å². The van der Waals surface area contributed by atoms with Gasteiger partial charge in [-0.3, -0.25) is 14.5 Å². The summed E-state index contributed by atoms with van der Waals surface area (Å²) >= 11 is 0. The highest BCUT2D eigenvalue weighted by molar-refractivity contribution is 5.83. The molecule has 28 heavy (non-hydrogen) atoms. The second-order valence-electron chi connectivity index (χ2n) is 8.51. The number of amides is 2. The normalized spacial score (nSPS) is 20.1. The van der Waals surface area contributed by atoms with E-state index in [1.54, 1.807) is 0 Å². The van der Waals surface area contributed by atoms with E-state index in [4.69, 9.17) is 0 Å². The maximum absolute atomic E-state index is 13.2. The van der Waals surface area contributed by atoms with Gasteiger partial charge in [0.2, 0.25) is 11.8 Å². The maximum Gasteiger partial charge on any atom is 0.240 e. The lowest BCUT2D eigenvalue weighted by Gasteiger charge is -2.37. The van der Waals surface area contributed by atoms with Gasteiger partial charge in [-0.2, -0.15) is 0 Å². The van der Waals surface area contributed by atoms with E-state index >= 15 is 0 Å². The molecule has 2 fully saturated rings. The molecule has 0 bridgehead atoms. The molecule has 0 N–H and O–H groups in total. The topological polar surface area (TPSA) is 43.9 Å². The van der Waals surface area contributed by atoms with Crippen molar-refractivity contribution in [2.75, 3.05) is 40.3 Å². The largest absolute Gasteiger partial charge is 0.342 e. The van der Waals surface area contributed by atoms with Gasteiger partial charge in [-0.05, 0) is 51.8 Å². The SMILES string of the molecule is CN(C)[C@@H](Cc1ccccc1)C(=O)N1CCC(C(=O)N2CCCCCC2)CC1. The van der Waals surface area contributed by atoms with Gasteiger partial charge in [-0.25, -0.2) is 0 Å². The molecular formula is C23H35N3O2. The number of hydrogen-bond acceptors (Lipinski definition) is 3. The van der Waals surface area contributed by atoms with Crippen molar-refractivity contribution in [2.24, 2.45) is 5.92 Å². The summed E-state index contributed by atoms with van der Waals surface area (Å²) in [7, 11) is 3.95. The van der Waals surface area contributed by atoms with Gasteiger partial charge in [0.05, 0.1) is 6.04 Å². The first-order chi connectivity index (χ1) is 13.6. The first-order valence-corrected chi connectivity index (χ1v) is 10.8. The second kappa shape index (κ2) is 10.1. The average molecular weight is 386 g/mol. The van der Waals surface area contributed by atoms with E-state index < -0.39 is 0 Å². The van der Waals surface area contributed by atoms with E-state index in [9.17, 15) is 9.59 Å². The third-order valence-corrected chi connectivity index (χ3v) is 6.25. The van der Waals surface area contributed by atoms with Crippen molar-refractivity contribution in [3.05, 3.63) is 35.9 Å². The molecule has 0 aromatic heterocycles. The van der Waals surface area contributed by atoms with Gasteiger partial charge in [0.1, 0.15) is 0 Å². The zero-order chi connectivity index (χ0) is 19.9. The smallest absolute Gasteiger partial charge is 0.240 e. The van der Waals surface area contributed by atoms with Crippen LogP contribution in [0.2, 0.25) is 0 Å². The third-order valence-electron chi connectivity index (χ3n) is 6.25. The van der Waals surface area contributed by atoms with Crippen LogP contribution >= 0.6 is 0 Å². The monoisotopic (exact) mass is 385 g/mol. The molecule has 2 saturated heterocycles. The van der Waals surface area contributed by atoms with E-state index in [2.05, 4.69) is 17.0 Å². The van der Waals surface area contributed by atoms with Crippen LogP contribution in [0.5, 0.6) is 0 Å². The molecule has 1 aromatic carbocycles. The van der Waals surface area contributed by atoms with Crippen LogP contribution in [0, 0.1) is 5.92 Å². The summed E-state index contributed by atoms with van der Waals surface area (Å²) < 4.78 is 0. The Labute approximate surface area is 169 Å². The van der Waals surface area contributed by atoms with E-state index in [-0.39, 0.29) is 17.9 Å². The predicted molar refractivity (Wildman–Crippen MR) is 112 cm³/mol. The molecule has 2 aliphatic rings. The third kappa shape index (κ3) is 5.34. The molecule has 2 amide bonds. The Hall–Kier alpha value is -1.88. The van der Waals surface area contributed by atoms with Crippen molar-refractivity contribution in [1.82, 2.24) is 14.7 Å². The maximum atomic E-state index is 13.2. The van der Waals surface area contributed by atoms with E-state index in [1.807, 2.05) is 42.1 Å². The minimum absolute atomic E-state index is 0.0917. The van der Waals surface area contributed by atoms with Crippen molar-refractivity contribution in [3.63, 3.8) is 0 Å². The lowest BCUT2D eigenvalue weighted by molar-refractivity contribution is -0.142. The predicted octanol–water partition coefficient (Wildman–Crippen LogP) is 2.80. The molecule has 0 aliphatic carbocycles. The second-order valence-corrected chi connectivity index (χ2v) is 8.51. The van der Waals surface area contributed by atoms with Crippen LogP contribution in [0.25, 0.3) is 0 Å². The fraction of sp³-hybridized carbons (Fsp3) is 0.652. The molecule has 1 aromatic rings. The Balaban J connectivity index is 1.55. The van der Waals surface area contributed by atoms with E-state index in [0.29, 0.717) is 19.0 Å². The molecule has 3 rings (SSSR count). The fourth-order valence-corrected chi connectivity index (χ4v) is 4.43. The quantitative estimate of drug-likeness (QED) is 0.783. The van der Waals surface area contributed by atoms with Crippen LogP contribution in [0.15, 0.2) is 30.3 Å². The summed E-state index contributed by atoms with van der Waals surface area (Å²) in [6.45, 7) is 3.22. The number of likely N-dealkylation sites (N-methyl/N-ethyl adjacent to an activating group) is 1. The highest BCUT2D eigenvalue weighted by Crippen LogP contribution is 2.23. The van der Waals surface area contributed by atoms with Gasteiger partial charge in [-0.1, -0.05) is 43.2 Å². The first kappa shape index (κ1) is 20.8. The first-order valence-electron chi connectivity index (χ1n) is 10.8. The van der Waals surface area contributed by atoms with Crippen molar-refractivity contribution < 1.29 is 9.59 Å². The Kier molecular flexibility index (Phi) is 7.49. The number of nitrogens with zero attached hydrogens (tertiary/aromatic N) is 3. The number of carbonyl (C=O) groups is 2. The van der Waals surface area contributed by atoms with Crippen LogP contribution in [-0.2, 0) is 16.0 Å². The summed E-state index contributed by atoms with van der Waals surface area (Å²) in [6, 6.07) is 10.0. The molecule has 154 valence electrons. The molecule has 1 atom stereocenters. The molecule has 0 spiro atoms.